The van der Waals surface area contributed by atoms with Crippen LogP contribution in [-0.4, -0.2) is 108 Å². The van der Waals surface area contributed by atoms with Crippen LogP contribution in [0.3, 0.4) is 0 Å². The first kappa shape index (κ1) is 42.2. The maximum atomic E-state index is 14.4. The van der Waals surface area contributed by atoms with Crippen molar-refractivity contribution in [3.05, 3.63) is 11.6 Å². The lowest BCUT2D eigenvalue weighted by Gasteiger charge is -2.58. The summed E-state index contributed by atoms with van der Waals surface area (Å²) in [6.07, 6.45) is -3.46. The number of ether oxygens (including phenoxy) is 6. The summed E-state index contributed by atoms with van der Waals surface area (Å²) >= 11 is 0. The fourth-order valence-corrected chi connectivity index (χ4v) is 9.83. The van der Waals surface area contributed by atoms with Crippen LogP contribution in [0.4, 0.5) is 9.59 Å². The van der Waals surface area contributed by atoms with Crippen molar-refractivity contribution in [3.63, 3.8) is 0 Å². The lowest BCUT2D eigenvalue weighted by Crippen LogP contribution is -2.64. The molecule has 0 radical (unpaired) electrons. The first-order valence-corrected chi connectivity index (χ1v) is 18.3. The molecule has 5 aliphatic rings. The molecule has 4 amide bonds. The number of urea groups is 2. The zero-order valence-corrected chi connectivity index (χ0v) is 32.2. The third-order valence-corrected chi connectivity index (χ3v) is 12.1. The molecule has 1 aliphatic heterocycles. The number of nitrogens with one attached hydrogen (secondary N) is 2. The van der Waals surface area contributed by atoms with Gasteiger partial charge in [-0.15, -0.1) is 0 Å². The highest BCUT2D eigenvalue weighted by Crippen LogP contribution is 2.66. The third-order valence-electron chi connectivity index (χ3n) is 12.1. The molecule has 0 aromatic heterocycles. The zero-order chi connectivity index (χ0) is 41.3. The molecule has 1 heterocycles. The minimum Gasteiger partial charge on any atom is -0.467 e. The van der Waals surface area contributed by atoms with Gasteiger partial charge in [-0.1, -0.05) is 19.4 Å². The van der Waals surface area contributed by atoms with Crippen LogP contribution in [0.5, 0.6) is 0 Å². The highest BCUT2D eigenvalue weighted by atomic mass is 16.7. The van der Waals surface area contributed by atoms with Crippen LogP contribution in [-0.2, 0) is 52.4 Å². The summed E-state index contributed by atoms with van der Waals surface area (Å²) < 4.78 is 33.0. The van der Waals surface area contributed by atoms with Crippen LogP contribution in [0.25, 0.3) is 0 Å². The van der Waals surface area contributed by atoms with Gasteiger partial charge in [0.1, 0.15) is 11.4 Å². The lowest BCUT2D eigenvalue weighted by atomic mass is 9.46. The fourth-order valence-electron chi connectivity index (χ4n) is 9.83. The Morgan fingerprint density at radius 2 is 1.54 bits per heavy atom. The number of carbonyl (C=O) groups is 7. The molecular formula is C36H50N6O14. The monoisotopic (exact) mass is 790 g/mol. The minimum atomic E-state index is -1.87. The molecule has 308 valence electrons. The van der Waals surface area contributed by atoms with Crippen molar-refractivity contribution < 1.29 is 67.1 Å². The number of fused-ring (bicyclic) bond motifs is 5. The van der Waals surface area contributed by atoms with Crippen LogP contribution in [0.1, 0.15) is 79.6 Å². The number of hydrogen-bond donors (Lipinski definition) is 5. The van der Waals surface area contributed by atoms with Crippen molar-refractivity contribution in [1.29, 1.82) is 0 Å². The van der Waals surface area contributed by atoms with Gasteiger partial charge in [-0.3, -0.25) is 19.2 Å². The van der Waals surface area contributed by atoms with E-state index in [-0.39, 0.29) is 42.1 Å². The molecule has 56 heavy (non-hydrogen) atoms. The number of esters is 4. The number of rotatable bonds is 10. The standard InChI is InChI=1S/C36H50N6O14/c1-16(43)53-26-27(54-17(2)44)29(55-18(3)45)31(56-28(26)30(47)51-6)52-15-24(40-42-33(38)49)36(50)12-10-22-21-8-7-19-13-20(39-41-32(37)48)9-11-34(19,4)25(21)23(46)14-35(22,36)5/h13,21-22,25-29,31,50H,7-12,14-15H2,1-6H3,(H3,37,41,48)(H3,38,42,49). The Morgan fingerprint density at radius 3 is 2.14 bits per heavy atom. The smallest absolute Gasteiger partial charge is 0.339 e. The number of nitrogens with zero attached hydrogens (tertiary/aromatic N) is 2. The van der Waals surface area contributed by atoms with Crippen LogP contribution >= 0.6 is 0 Å². The van der Waals surface area contributed by atoms with E-state index in [4.69, 9.17) is 39.9 Å². The van der Waals surface area contributed by atoms with Gasteiger partial charge >= 0.3 is 35.9 Å². The van der Waals surface area contributed by atoms with Crippen molar-refractivity contribution in [3.8, 4) is 0 Å². The molecule has 0 aromatic rings. The Hall–Kier alpha value is -4.95. The Bertz CT molecular complexity index is 1750. The number of hydrazone groups is 2. The van der Waals surface area contributed by atoms with Crippen LogP contribution in [0.2, 0.25) is 0 Å². The predicted octanol–water partition coefficient (Wildman–Crippen LogP) is 0.618. The number of allylic oxidation sites excluding steroid dienone is 2. The summed E-state index contributed by atoms with van der Waals surface area (Å²) in [5, 5.41) is 21.0. The molecule has 4 fully saturated rings. The maximum Gasteiger partial charge on any atom is 0.339 e. The number of amides is 4. The second-order valence-electron chi connectivity index (χ2n) is 15.4. The molecular weight excluding hydrogens is 740 g/mol. The van der Waals surface area contributed by atoms with Gasteiger partial charge in [0.15, 0.2) is 30.7 Å². The molecule has 0 bridgehead atoms. The number of aliphatic hydroxyl groups is 1. The average molecular weight is 791 g/mol. The van der Waals surface area contributed by atoms with E-state index in [2.05, 4.69) is 28.0 Å². The zero-order valence-electron chi connectivity index (χ0n) is 32.2. The quantitative estimate of drug-likeness (QED) is 0.0878. The van der Waals surface area contributed by atoms with E-state index in [9.17, 15) is 38.7 Å². The van der Waals surface area contributed by atoms with Crippen molar-refractivity contribution in [2.24, 2.45) is 50.3 Å². The molecule has 11 unspecified atom stereocenters. The normalized spacial score (nSPS) is 37.1. The molecule has 4 aliphatic carbocycles. The van der Waals surface area contributed by atoms with E-state index < -0.39 is 89.7 Å². The summed E-state index contributed by atoms with van der Waals surface area (Å²) in [7, 11) is 1.04. The number of nitrogens with two attached hydrogens (primary N) is 2. The molecule has 0 spiro atoms. The number of Topliss-reactive ketones (excluding diaryl/α,β-unsaturated/α-hetero) is 1. The molecule has 0 aromatic carbocycles. The number of hydrogen-bond acceptors (Lipinski definition) is 16. The highest BCUT2D eigenvalue weighted by molar-refractivity contribution is 5.99. The first-order valence-electron chi connectivity index (χ1n) is 18.3. The SMILES string of the molecule is COC(=O)C1OC(OCC(=NNC(N)=O)C2(O)CCC3C4CCC5=CC(=NNC(N)=O)CCC5(C)C4C(=O)CC32C)C(OC(C)=O)C(OC(C)=O)C1OC(C)=O. The van der Waals surface area contributed by atoms with E-state index in [1.807, 2.05) is 6.08 Å². The van der Waals surface area contributed by atoms with E-state index in [1.165, 1.54) is 0 Å². The molecule has 20 heteroatoms. The van der Waals surface area contributed by atoms with Gasteiger partial charge in [0.05, 0.1) is 25.1 Å². The Kier molecular flexibility index (Phi) is 12.3. The minimum absolute atomic E-state index is 0.0447. The van der Waals surface area contributed by atoms with Gasteiger partial charge in [0.2, 0.25) is 0 Å². The van der Waals surface area contributed by atoms with Gasteiger partial charge in [0.25, 0.3) is 0 Å². The van der Waals surface area contributed by atoms with E-state index in [0.29, 0.717) is 37.8 Å². The van der Waals surface area contributed by atoms with Gasteiger partial charge in [-0.05, 0) is 61.9 Å². The van der Waals surface area contributed by atoms with Gasteiger partial charge in [-0.2, -0.15) is 10.2 Å². The average Bonchev–Trinajstić information content (AvgIpc) is 3.37. The Balaban J connectivity index is 1.47. The lowest BCUT2D eigenvalue weighted by molar-refractivity contribution is -0.298. The molecule has 7 N–H and O–H groups in total. The van der Waals surface area contributed by atoms with Crippen LogP contribution in [0.15, 0.2) is 21.9 Å². The van der Waals surface area contributed by atoms with E-state index in [1.54, 1.807) is 6.92 Å². The van der Waals surface area contributed by atoms with Crippen molar-refractivity contribution in [1.82, 2.24) is 10.9 Å². The van der Waals surface area contributed by atoms with Crippen molar-refractivity contribution >= 4 is 53.1 Å². The summed E-state index contributed by atoms with van der Waals surface area (Å²) in [6, 6.07) is -1.84. The summed E-state index contributed by atoms with van der Waals surface area (Å²) in [5.41, 5.74) is 13.1. The first-order chi connectivity index (χ1) is 26.2. The second-order valence-corrected chi connectivity index (χ2v) is 15.4. The number of ketones is 1. The van der Waals surface area contributed by atoms with Gasteiger partial charge in [-0.25, -0.2) is 25.2 Å². The van der Waals surface area contributed by atoms with Crippen LogP contribution in [0, 0.1) is 28.6 Å². The summed E-state index contributed by atoms with van der Waals surface area (Å²) in [5.74, 6) is -4.40. The van der Waals surface area contributed by atoms with Crippen molar-refractivity contribution in [2.45, 2.75) is 116 Å². The Labute approximate surface area is 322 Å². The third kappa shape index (κ3) is 7.99. The van der Waals surface area contributed by atoms with Gasteiger partial charge < -0.3 is 45.0 Å². The predicted molar refractivity (Wildman–Crippen MR) is 191 cm³/mol. The molecule has 20 nitrogen and oxygen atoms in total. The Morgan fingerprint density at radius 1 is 0.911 bits per heavy atom. The maximum absolute atomic E-state index is 14.4. The second kappa shape index (κ2) is 16.3. The van der Waals surface area contributed by atoms with Crippen molar-refractivity contribution in [2.75, 3.05) is 13.7 Å². The van der Waals surface area contributed by atoms with E-state index >= 15 is 0 Å². The number of methoxy groups -OCH3 is 1. The fraction of sp³-hybridized carbons (Fsp3) is 0.694. The van der Waals surface area contributed by atoms with Crippen LogP contribution < -0.4 is 22.3 Å². The summed E-state index contributed by atoms with van der Waals surface area (Å²) in [6.45, 7) is 6.38. The van der Waals surface area contributed by atoms with Gasteiger partial charge in [0, 0.05) is 38.5 Å². The summed E-state index contributed by atoms with van der Waals surface area (Å²) in [4.78, 5) is 87.2. The molecule has 1 saturated heterocycles. The number of carbonyl (C=O) groups excluding carboxylic acids is 7. The topological polar surface area (TPSA) is 296 Å². The molecule has 5 rings (SSSR count). The highest BCUT2D eigenvalue weighted by Gasteiger charge is 2.68. The van der Waals surface area contributed by atoms with E-state index in [0.717, 1.165) is 33.5 Å². The molecule has 3 saturated carbocycles. The molecule has 11 atom stereocenters. The largest absolute Gasteiger partial charge is 0.467 e. The number of primary amides is 2.